The lowest BCUT2D eigenvalue weighted by molar-refractivity contribution is -0.127. The molecule has 0 radical (unpaired) electrons. The Morgan fingerprint density at radius 1 is 1.62 bits per heavy atom. The topological polar surface area (TPSA) is 51.2 Å². The van der Waals surface area contributed by atoms with Crippen LogP contribution in [0.2, 0.25) is 0 Å². The number of rotatable bonds is 4. The molecule has 1 aliphatic rings. The molecule has 16 heavy (non-hydrogen) atoms. The molecule has 4 heteroatoms. The van der Waals surface area contributed by atoms with Crippen molar-refractivity contribution in [2.45, 2.75) is 25.8 Å². The summed E-state index contributed by atoms with van der Waals surface area (Å²) in [6.45, 7) is 0.492. The summed E-state index contributed by atoms with van der Waals surface area (Å²) < 4.78 is 5.12. The number of carbonyl (C=O) groups is 1. The van der Waals surface area contributed by atoms with Crippen LogP contribution in [0.4, 0.5) is 0 Å². The van der Waals surface area contributed by atoms with Crippen molar-refractivity contribution in [3.63, 3.8) is 0 Å². The van der Waals surface area contributed by atoms with Crippen LogP contribution in [0.5, 0.6) is 5.88 Å². The van der Waals surface area contributed by atoms with Gasteiger partial charge in [-0.05, 0) is 18.9 Å². The number of hydrogen-bond acceptors (Lipinski definition) is 3. The first-order chi connectivity index (χ1) is 7.81. The molecular weight excluding hydrogens is 204 g/mol. The van der Waals surface area contributed by atoms with E-state index in [1.165, 1.54) is 6.42 Å². The summed E-state index contributed by atoms with van der Waals surface area (Å²) in [4.78, 5) is 15.7. The SMILES string of the molecule is COc1ncccc1CNC(=O)C1CCC1. The van der Waals surface area contributed by atoms with Crippen LogP contribution in [0.1, 0.15) is 24.8 Å². The molecule has 0 atom stereocenters. The lowest BCUT2D eigenvalue weighted by Gasteiger charge is -2.24. The van der Waals surface area contributed by atoms with Gasteiger partial charge in [0, 0.05) is 24.2 Å². The van der Waals surface area contributed by atoms with Crippen LogP contribution in [0.3, 0.4) is 0 Å². The third-order valence-corrected chi connectivity index (χ3v) is 2.97. The maximum atomic E-state index is 11.6. The zero-order chi connectivity index (χ0) is 11.4. The molecule has 86 valence electrons. The Hall–Kier alpha value is -1.58. The highest BCUT2D eigenvalue weighted by Crippen LogP contribution is 2.26. The molecule has 0 bridgehead atoms. The van der Waals surface area contributed by atoms with E-state index in [0.29, 0.717) is 12.4 Å². The van der Waals surface area contributed by atoms with Gasteiger partial charge in [-0.1, -0.05) is 12.5 Å². The van der Waals surface area contributed by atoms with E-state index in [4.69, 9.17) is 4.74 Å². The molecule has 1 aromatic rings. The molecular formula is C12H16N2O2. The fraction of sp³-hybridized carbons (Fsp3) is 0.500. The number of nitrogens with zero attached hydrogens (tertiary/aromatic N) is 1. The minimum absolute atomic E-state index is 0.150. The fourth-order valence-corrected chi connectivity index (χ4v) is 1.74. The van der Waals surface area contributed by atoms with Gasteiger partial charge >= 0.3 is 0 Å². The number of nitrogens with one attached hydrogen (secondary N) is 1. The van der Waals surface area contributed by atoms with E-state index < -0.39 is 0 Å². The lowest BCUT2D eigenvalue weighted by atomic mass is 9.85. The normalized spacial score (nSPS) is 15.3. The van der Waals surface area contributed by atoms with Gasteiger partial charge in [-0.2, -0.15) is 0 Å². The van der Waals surface area contributed by atoms with Gasteiger partial charge in [0.2, 0.25) is 11.8 Å². The second kappa shape index (κ2) is 4.96. The Balaban J connectivity index is 1.90. The van der Waals surface area contributed by atoms with Crippen LogP contribution >= 0.6 is 0 Å². The maximum Gasteiger partial charge on any atom is 0.223 e. The monoisotopic (exact) mass is 220 g/mol. The number of pyridine rings is 1. The van der Waals surface area contributed by atoms with Crippen LogP contribution < -0.4 is 10.1 Å². The Morgan fingerprint density at radius 3 is 3.06 bits per heavy atom. The van der Waals surface area contributed by atoms with Gasteiger partial charge in [-0.3, -0.25) is 4.79 Å². The molecule has 1 heterocycles. The van der Waals surface area contributed by atoms with Crippen molar-refractivity contribution in [1.29, 1.82) is 0 Å². The summed E-state index contributed by atoms with van der Waals surface area (Å²) in [6, 6.07) is 3.75. The molecule has 1 aliphatic carbocycles. The van der Waals surface area contributed by atoms with Gasteiger partial charge in [0.25, 0.3) is 0 Å². The zero-order valence-corrected chi connectivity index (χ0v) is 9.40. The summed E-state index contributed by atoms with van der Waals surface area (Å²) in [6.07, 6.45) is 4.90. The number of amides is 1. The standard InChI is InChI=1S/C12H16N2O2/c1-16-12-10(6-3-7-13-12)8-14-11(15)9-4-2-5-9/h3,6-7,9H,2,4-5,8H2,1H3,(H,14,15). The maximum absolute atomic E-state index is 11.6. The number of carbonyl (C=O) groups excluding carboxylic acids is 1. The first kappa shape index (κ1) is 10.9. The molecule has 2 rings (SSSR count). The van der Waals surface area contributed by atoms with Crippen molar-refractivity contribution in [3.05, 3.63) is 23.9 Å². The molecule has 0 saturated heterocycles. The van der Waals surface area contributed by atoms with E-state index in [-0.39, 0.29) is 11.8 Å². The highest BCUT2D eigenvalue weighted by molar-refractivity contribution is 5.79. The molecule has 1 fully saturated rings. The Labute approximate surface area is 95.0 Å². The van der Waals surface area contributed by atoms with E-state index in [0.717, 1.165) is 18.4 Å². The van der Waals surface area contributed by atoms with E-state index in [1.54, 1.807) is 13.3 Å². The van der Waals surface area contributed by atoms with E-state index in [2.05, 4.69) is 10.3 Å². The second-order valence-electron chi connectivity index (χ2n) is 4.02. The summed E-state index contributed by atoms with van der Waals surface area (Å²) in [7, 11) is 1.58. The number of methoxy groups -OCH3 is 1. The van der Waals surface area contributed by atoms with Crippen LogP contribution in [0, 0.1) is 5.92 Å². The van der Waals surface area contributed by atoms with Crippen molar-refractivity contribution in [1.82, 2.24) is 10.3 Å². The zero-order valence-electron chi connectivity index (χ0n) is 9.40. The summed E-state index contributed by atoms with van der Waals surface area (Å²) in [5.41, 5.74) is 0.915. The Kier molecular flexibility index (Phi) is 3.39. The molecule has 0 spiro atoms. The van der Waals surface area contributed by atoms with Crippen molar-refractivity contribution in [3.8, 4) is 5.88 Å². The molecule has 1 N–H and O–H groups in total. The predicted molar refractivity (Wildman–Crippen MR) is 60.0 cm³/mol. The highest BCUT2D eigenvalue weighted by Gasteiger charge is 2.24. The number of aromatic nitrogens is 1. The summed E-state index contributed by atoms with van der Waals surface area (Å²) in [5.74, 6) is 0.955. The van der Waals surface area contributed by atoms with Crippen LogP contribution in [0.25, 0.3) is 0 Å². The highest BCUT2D eigenvalue weighted by atomic mass is 16.5. The van der Waals surface area contributed by atoms with Crippen molar-refractivity contribution >= 4 is 5.91 Å². The van der Waals surface area contributed by atoms with Crippen molar-refractivity contribution in [2.75, 3.05) is 7.11 Å². The van der Waals surface area contributed by atoms with Gasteiger partial charge in [0.15, 0.2) is 0 Å². The van der Waals surface area contributed by atoms with Crippen molar-refractivity contribution < 1.29 is 9.53 Å². The average molecular weight is 220 g/mol. The first-order valence-corrected chi connectivity index (χ1v) is 5.57. The number of hydrogen-bond donors (Lipinski definition) is 1. The van der Waals surface area contributed by atoms with Gasteiger partial charge in [-0.15, -0.1) is 0 Å². The van der Waals surface area contributed by atoms with Gasteiger partial charge in [0.1, 0.15) is 0 Å². The van der Waals surface area contributed by atoms with Crippen LogP contribution in [-0.4, -0.2) is 18.0 Å². The Bertz CT molecular complexity index is 375. The average Bonchev–Trinajstić information content (AvgIpc) is 2.24. The molecule has 0 unspecified atom stereocenters. The summed E-state index contributed by atoms with van der Waals surface area (Å²) >= 11 is 0. The summed E-state index contributed by atoms with van der Waals surface area (Å²) in [5, 5.41) is 2.92. The predicted octanol–water partition coefficient (Wildman–Crippen LogP) is 1.51. The molecule has 1 aromatic heterocycles. The van der Waals surface area contributed by atoms with E-state index >= 15 is 0 Å². The smallest absolute Gasteiger partial charge is 0.223 e. The molecule has 1 saturated carbocycles. The van der Waals surface area contributed by atoms with E-state index in [9.17, 15) is 4.79 Å². The molecule has 0 aliphatic heterocycles. The minimum Gasteiger partial charge on any atom is -0.481 e. The Morgan fingerprint density at radius 2 is 2.44 bits per heavy atom. The van der Waals surface area contributed by atoms with Crippen LogP contribution in [0.15, 0.2) is 18.3 Å². The molecule has 4 nitrogen and oxygen atoms in total. The van der Waals surface area contributed by atoms with Gasteiger partial charge in [-0.25, -0.2) is 4.98 Å². The third kappa shape index (κ3) is 2.32. The van der Waals surface area contributed by atoms with Crippen LogP contribution in [-0.2, 0) is 11.3 Å². The lowest BCUT2D eigenvalue weighted by Crippen LogP contribution is -2.34. The molecule has 1 amide bonds. The quantitative estimate of drug-likeness (QED) is 0.836. The van der Waals surface area contributed by atoms with Gasteiger partial charge in [0.05, 0.1) is 7.11 Å². The van der Waals surface area contributed by atoms with Gasteiger partial charge < -0.3 is 10.1 Å². The third-order valence-electron chi connectivity index (χ3n) is 2.97. The minimum atomic E-state index is 0.150. The first-order valence-electron chi connectivity index (χ1n) is 5.57. The fourth-order valence-electron chi connectivity index (χ4n) is 1.74. The second-order valence-corrected chi connectivity index (χ2v) is 4.02. The van der Waals surface area contributed by atoms with E-state index in [1.807, 2.05) is 12.1 Å². The number of ether oxygens (including phenoxy) is 1. The molecule has 0 aromatic carbocycles. The van der Waals surface area contributed by atoms with Crippen molar-refractivity contribution in [2.24, 2.45) is 5.92 Å². The largest absolute Gasteiger partial charge is 0.481 e.